The van der Waals surface area contributed by atoms with E-state index in [9.17, 15) is 5.21 Å². The fraction of sp³-hybridized carbons (Fsp3) is 0.562. The van der Waals surface area contributed by atoms with Crippen LogP contribution in [0, 0.1) is 5.21 Å². The minimum absolute atomic E-state index is 0.194. The number of nitrogens with zero attached hydrogens (tertiary/aromatic N) is 1. The third-order valence-corrected chi connectivity index (χ3v) is 2.68. The summed E-state index contributed by atoms with van der Waals surface area (Å²) < 4.78 is 6.62. The Kier molecular flexibility index (Phi) is 5.40. The van der Waals surface area contributed by atoms with Gasteiger partial charge in [-0.2, -0.15) is 0 Å². The molecule has 3 nitrogen and oxygen atoms in total. The highest BCUT2D eigenvalue weighted by molar-refractivity contribution is 5.52. The average Bonchev–Trinajstić information content (AvgIpc) is 2.29. The normalized spacial score (nSPS) is 12.8. The summed E-state index contributed by atoms with van der Waals surface area (Å²) in [6, 6.07) is 8.07. The van der Waals surface area contributed by atoms with Gasteiger partial charge >= 0.3 is 0 Å². The van der Waals surface area contributed by atoms with Crippen LogP contribution in [0.5, 0.6) is 5.75 Å². The first-order chi connectivity index (χ1) is 8.79. The molecule has 0 saturated carbocycles. The molecule has 0 bridgehead atoms. The molecule has 0 amide bonds. The molecule has 1 aromatic rings. The van der Waals surface area contributed by atoms with Crippen LogP contribution in [0.15, 0.2) is 24.3 Å². The number of aryl methyl sites for hydroxylation is 1. The highest BCUT2D eigenvalue weighted by Gasteiger charge is 2.17. The maximum atomic E-state index is 11.7. The summed E-state index contributed by atoms with van der Waals surface area (Å²) in [7, 11) is 0. The molecular formula is C16H25NO2. The van der Waals surface area contributed by atoms with Crippen LogP contribution in [-0.4, -0.2) is 22.6 Å². The minimum Gasteiger partial charge on any atom is -0.624 e. The summed E-state index contributed by atoms with van der Waals surface area (Å²) in [6.45, 7) is 9.76. The first kappa shape index (κ1) is 15.5. The standard InChI is InChI=1S/C16H25NO2/c1-13(2)19-15-10-8-14(9-11-15)7-6-12-17(18)16(3,4)5/h8-13H,6-7H2,1-5H3. The van der Waals surface area contributed by atoms with E-state index in [1.807, 2.05) is 46.8 Å². The lowest BCUT2D eigenvalue weighted by molar-refractivity contribution is -0.532. The average molecular weight is 263 g/mol. The van der Waals surface area contributed by atoms with Gasteiger partial charge in [-0.15, -0.1) is 0 Å². The Morgan fingerprint density at radius 2 is 1.79 bits per heavy atom. The van der Waals surface area contributed by atoms with Gasteiger partial charge in [0.25, 0.3) is 0 Å². The van der Waals surface area contributed by atoms with E-state index in [1.54, 1.807) is 6.21 Å². The number of rotatable bonds is 5. The van der Waals surface area contributed by atoms with Crippen molar-refractivity contribution < 1.29 is 9.48 Å². The van der Waals surface area contributed by atoms with Gasteiger partial charge in [-0.25, -0.2) is 4.74 Å². The molecule has 0 heterocycles. The molecule has 0 aliphatic carbocycles. The quantitative estimate of drug-likeness (QED) is 0.351. The van der Waals surface area contributed by atoms with Crippen LogP contribution in [0.4, 0.5) is 0 Å². The van der Waals surface area contributed by atoms with E-state index in [0.29, 0.717) is 0 Å². The first-order valence-corrected chi connectivity index (χ1v) is 6.84. The summed E-state index contributed by atoms with van der Waals surface area (Å²) in [5.41, 5.74) is 0.865. The summed E-state index contributed by atoms with van der Waals surface area (Å²) in [5, 5.41) is 11.7. The molecule has 0 aliphatic heterocycles. The fourth-order valence-corrected chi connectivity index (χ4v) is 1.63. The second kappa shape index (κ2) is 6.60. The Bertz CT molecular complexity index is 413. The van der Waals surface area contributed by atoms with Gasteiger partial charge in [-0.1, -0.05) is 12.1 Å². The highest BCUT2D eigenvalue weighted by atomic mass is 16.5. The maximum absolute atomic E-state index is 11.7. The van der Waals surface area contributed by atoms with Crippen LogP contribution < -0.4 is 4.74 Å². The zero-order chi connectivity index (χ0) is 14.5. The molecule has 0 radical (unpaired) electrons. The molecule has 0 aliphatic rings. The molecule has 3 heteroatoms. The summed E-state index contributed by atoms with van der Waals surface area (Å²) in [5.74, 6) is 0.892. The Morgan fingerprint density at radius 3 is 2.26 bits per heavy atom. The topological polar surface area (TPSA) is 35.3 Å². The van der Waals surface area contributed by atoms with Crippen molar-refractivity contribution in [2.75, 3.05) is 0 Å². The molecule has 19 heavy (non-hydrogen) atoms. The zero-order valence-electron chi connectivity index (χ0n) is 12.6. The van der Waals surface area contributed by atoms with E-state index in [0.717, 1.165) is 23.3 Å². The number of benzene rings is 1. The maximum Gasteiger partial charge on any atom is 0.164 e. The monoisotopic (exact) mass is 263 g/mol. The molecular weight excluding hydrogens is 238 g/mol. The summed E-state index contributed by atoms with van der Waals surface area (Å²) in [6.07, 6.45) is 3.54. The number of ether oxygens (including phenoxy) is 1. The van der Waals surface area contributed by atoms with Crippen LogP contribution in [0.2, 0.25) is 0 Å². The Morgan fingerprint density at radius 1 is 1.21 bits per heavy atom. The van der Waals surface area contributed by atoms with Gasteiger partial charge in [-0.3, -0.25) is 0 Å². The lowest BCUT2D eigenvalue weighted by atomic mass is 10.1. The van der Waals surface area contributed by atoms with Crippen LogP contribution in [0.25, 0.3) is 0 Å². The molecule has 0 aromatic heterocycles. The van der Waals surface area contributed by atoms with E-state index in [-0.39, 0.29) is 11.6 Å². The van der Waals surface area contributed by atoms with Crippen LogP contribution in [0.3, 0.4) is 0 Å². The Hall–Kier alpha value is -1.51. The van der Waals surface area contributed by atoms with Crippen LogP contribution in [0.1, 0.15) is 46.6 Å². The van der Waals surface area contributed by atoms with Crippen molar-refractivity contribution >= 4 is 6.21 Å². The molecule has 0 N–H and O–H groups in total. The van der Waals surface area contributed by atoms with Gasteiger partial charge in [0.15, 0.2) is 11.8 Å². The van der Waals surface area contributed by atoms with E-state index < -0.39 is 0 Å². The number of hydroxylamine groups is 1. The molecule has 1 rings (SSSR count). The highest BCUT2D eigenvalue weighted by Crippen LogP contribution is 2.14. The van der Waals surface area contributed by atoms with E-state index in [2.05, 4.69) is 12.1 Å². The van der Waals surface area contributed by atoms with Gasteiger partial charge < -0.3 is 9.94 Å². The minimum atomic E-state index is -0.352. The van der Waals surface area contributed by atoms with Crippen molar-refractivity contribution in [1.82, 2.24) is 0 Å². The Labute approximate surface area is 116 Å². The predicted octanol–water partition coefficient (Wildman–Crippen LogP) is 3.79. The van der Waals surface area contributed by atoms with Gasteiger partial charge in [0.1, 0.15) is 5.75 Å². The van der Waals surface area contributed by atoms with Crippen molar-refractivity contribution in [3.05, 3.63) is 35.0 Å². The SMILES string of the molecule is CC(C)Oc1ccc(CCC=[N+]([O-])C(C)(C)C)cc1. The van der Waals surface area contributed by atoms with Crippen LogP contribution in [-0.2, 0) is 6.42 Å². The van der Waals surface area contributed by atoms with Crippen molar-refractivity contribution in [3.63, 3.8) is 0 Å². The third kappa shape index (κ3) is 5.77. The van der Waals surface area contributed by atoms with E-state index in [1.165, 1.54) is 5.56 Å². The van der Waals surface area contributed by atoms with Gasteiger partial charge in [0.2, 0.25) is 0 Å². The lowest BCUT2D eigenvalue weighted by Gasteiger charge is -2.18. The van der Waals surface area contributed by atoms with Gasteiger partial charge in [0.05, 0.1) is 6.10 Å². The van der Waals surface area contributed by atoms with Gasteiger partial charge in [-0.05, 0) is 38.0 Å². The zero-order valence-corrected chi connectivity index (χ0v) is 12.6. The molecule has 0 fully saturated rings. The molecule has 0 spiro atoms. The number of hydrogen-bond donors (Lipinski definition) is 0. The van der Waals surface area contributed by atoms with E-state index >= 15 is 0 Å². The van der Waals surface area contributed by atoms with Crippen molar-refractivity contribution in [2.45, 2.75) is 59.1 Å². The van der Waals surface area contributed by atoms with Crippen molar-refractivity contribution in [2.24, 2.45) is 0 Å². The third-order valence-electron chi connectivity index (χ3n) is 2.68. The second-order valence-electron chi connectivity index (χ2n) is 6.03. The predicted molar refractivity (Wildman–Crippen MR) is 80.0 cm³/mol. The first-order valence-electron chi connectivity index (χ1n) is 6.84. The molecule has 0 saturated heterocycles. The van der Waals surface area contributed by atoms with Crippen LogP contribution >= 0.6 is 0 Å². The Balaban J connectivity index is 2.51. The smallest absolute Gasteiger partial charge is 0.164 e. The van der Waals surface area contributed by atoms with Gasteiger partial charge in [0, 0.05) is 27.2 Å². The largest absolute Gasteiger partial charge is 0.624 e. The molecule has 1 aromatic carbocycles. The fourth-order valence-electron chi connectivity index (χ4n) is 1.63. The summed E-state index contributed by atoms with van der Waals surface area (Å²) in [4.78, 5) is 0. The van der Waals surface area contributed by atoms with E-state index in [4.69, 9.17) is 4.74 Å². The van der Waals surface area contributed by atoms with Crippen molar-refractivity contribution in [1.29, 1.82) is 0 Å². The number of hydrogen-bond acceptors (Lipinski definition) is 2. The lowest BCUT2D eigenvalue weighted by Crippen LogP contribution is -2.29. The molecule has 0 unspecified atom stereocenters. The second-order valence-corrected chi connectivity index (χ2v) is 6.03. The van der Waals surface area contributed by atoms with Crippen molar-refractivity contribution in [3.8, 4) is 5.75 Å². The molecule has 106 valence electrons. The molecule has 0 atom stereocenters. The summed E-state index contributed by atoms with van der Waals surface area (Å²) >= 11 is 0.